The first kappa shape index (κ1) is 22.0. The number of carbonyl (C=O) groups is 2. The summed E-state index contributed by atoms with van der Waals surface area (Å²) in [6.07, 6.45) is -3.90. The average molecular weight is 490 g/mol. The predicted molar refractivity (Wildman–Crippen MR) is 101 cm³/mol. The lowest BCUT2D eigenvalue weighted by molar-refractivity contribution is -0.163. The number of hydrogen-bond acceptors (Lipinski definition) is 4. The van der Waals surface area contributed by atoms with Gasteiger partial charge in [0.1, 0.15) is 22.8 Å². The standard InChI is InChI=1S/C19H16BrF4N3O3/c1-30-14-7-10(12(21)8-11(14)20)15(16(25)28)9-2-5-26-13(6-9)17(29)27-18(3-4-18)19(22,23)24/h2,5-8,15H,3-4H2,1H3,(H2,25,28)(H,27,29). The van der Waals surface area contributed by atoms with E-state index in [4.69, 9.17) is 10.5 Å². The fourth-order valence-corrected chi connectivity index (χ4v) is 3.53. The average Bonchev–Trinajstić information content (AvgIpc) is 3.44. The number of nitrogens with two attached hydrogens (primary N) is 1. The molecule has 0 spiro atoms. The summed E-state index contributed by atoms with van der Waals surface area (Å²) < 4.78 is 59.3. The van der Waals surface area contributed by atoms with Crippen LogP contribution in [0.1, 0.15) is 40.4 Å². The van der Waals surface area contributed by atoms with Crippen molar-refractivity contribution >= 4 is 27.7 Å². The molecule has 30 heavy (non-hydrogen) atoms. The molecule has 1 saturated carbocycles. The van der Waals surface area contributed by atoms with Crippen LogP contribution in [0.2, 0.25) is 0 Å². The SMILES string of the molecule is COc1cc(C(C(N)=O)c2ccnc(C(=O)NC3(C(F)(F)F)CC3)c2)c(F)cc1Br. The molecule has 1 aliphatic rings. The second-order valence-corrected chi connectivity index (χ2v) is 7.71. The number of rotatable bonds is 6. The fraction of sp³-hybridized carbons (Fsp3) is 0.316. The highest BCUT2D eigenvalue weighted by Gasteiger charge is 2.64. The molecule has 1 aromatic heterocycles. The van der Waals surface area contributed by atoms with Crippen molar-refractivity contribution in [1.29, 1.82) is 0 Å². The summed E-state index contributed by atoms with van der Waals surface area (Å²) in [7, 11) is 1.35. The van der Waals surface area contributed by atoms with Crippen molar-refractivity contribution in [1.82, 2.24) is 10.3 Å². The van der Waals surface area contributed by atoms with Crippen LogP contribution < -0.4 is 15.8 Å². The van der Waals surface area contributed by atoms with E-state index in [9.17, 15) is 27.2 Å². The molecule has 11 heteroatoms. The number of carbonyl (C=O) groups excluding carboxylic acids is 2. The van der Waals surface area contributed by atoms with E-state index >= 15 is 0 Å². The van der Waals surface area contributed by atoms with E-state index < -0.39 is 35.3 Å². The Morgan fingerprint density at radius 3 is 2.50 bits per heavy atom. The molecule has 0 radical (unpaired) electrons. The quantitative estimate of drug-likeness (QED) is 0.607. The van der Waals surface area contributed by atoms with Crippen LogP contribution >= 0.6 is 15.9 Å². The maximum absolute atomic E-state index is 14.6. The van der Waals surface area contributed by atoms with Crippen molar-refractivity contribution < 1.29 is 31.9 Å². The summed E-state index contributed by atoms with van der Waals surface area (Å²) in [5.74, 6) is -3.82. The van der Waals surface area contributed by atoms with E-state index in [1.54, 1.807) is 0 Å². The van der Waals surface area contributed by atoms with Gasteiger partial charge in [-0.25, -0.2) is 4.39 Å². The summed E-state index contributed by atoms with van der Waals surface area (Å²) in [6, 6.07) is 4.82. The van der Waals surface area contributed by atoms with Gasteiger partial charge < -0.3 is 15.8 Å². The summed E-state index contributed by atoms with van der Waals surface area (Å²) in [5, 5.41) is 1.95. The van der Waals surface area contributed by atoms with Gasteiger partial charge in [-0.2, -0.15) is 13.2 Å². The van der Waals surface area contributed by atoms with E-state index in [2.05, 4.69) is 20.9 Å². The zero-order valence-electron chi connectivity index (χ0n) is 15.5. The highest BCUT2D eigenvalue weighted by Crippen LogP contribution is 2.49. The van der Waals surface area contributed by atoms with Crippen LogP contribution in [0.15, 0.2) is 34.9 Å². The topological polar surface area (TPSA) is 94.3 Å². The third-order valence-corrected chi connectivity index (χ3v) is 5.48. The Hall–Kier alpha value is -2.69. The number of halogens is 5. The Kier molecular flexibility index (Phi) is 5.76. The predicted octanol–water partition coefficient (Wildman–Crippen LogP) is 3.43. The molecule has 160 valence electrons. The van der Waals surface area contributed by atoms with Crippen molar-refractivity contribution in [3.8, 4) is 5.75 Å². The van der Waals surface area contributed by atoms with Crippen LogP contribution in [0, 0.1) is 5.82 Å². The number of ether oxygens (including phenoxy) is 1. The fourth-order valence-electron chi connectivity index (χ4n) is 3.06. The van der Waals surface area contributed by atoms with Gasteiger partial charge in [0.25, 0.3) is 5.91 Å². The summed E-state index contributed by atoms with van der Waals surface area (Å²) >= 11 is 3.13. The Morgan fingerprint density at radius 2 is 1.97 bits per heavy atom. The summed E-state index contributed by atoms with van der Waals surface area (Å²) in [5.41, 5.74) is 2.83. The van der Waals surface area contributed by atoms with Crippen molar-refractivity contribution in [2.45, 2.75) is 30.5 Å². The maximum atomic E-state index is 14.6. The smallest absolute Gasteiger partial charge is 0.411 e. The molecule has 0 aliphatic heterocycles. The number of benzene rings is 1. The number of alkyl halides is 3. The zero-order valence-corrected chi connectivity index (χ0v) is 17.1. The minimum absolute atomic E-state index is 0.0998. The minimum atomic E-state index is -4.59. The Labute approximate surface area is 176 Å². The minimum Gasteiger partial charge on any atom is -0.496 e. The van der Waals surface area contributed by atoms with Gasteiger partial charge in [0.2, 0.25) is 5.91 Å². The van der Waals surface area contributed by atoms with Gasteiger partial charge in [0, 0.05) is 11.8 Å². The first-order valence-electron chi connectivity index (χ1n) is 8.66. The molecular formula is C19H16BrF4N3O3. The lowest BCUT2D eigenvalue weighted by atomic mass is 9.90. The molecule has 6 nitrogen and oxygen atoms in total. The van der Waals surface area contributed by atoms with Crippen molar-refractivity contribution in [2.75, 3.05) is 7.11 Å². The molecule has 2 aromatic rings. The summed E-state index contributed by atoms with van der Waals surface area (Å²) in [6.45, 7) is 0. The van der Waals surface area contributed by atoms with Crippen molar-refractivity contribution in [2.24, 2.45) is 5.73 Å². The number of methoxy groups -OCH3 is 1. The van der Waals surface area contributed by atoms with Crippen LogP contribution in [0.4, 0.5) is 17.6 Å². The molecule has 3 N–H and O–H groups in total. The van der Waals surface area contributed by atoms with Crippen molar-refractivity contribution in [3.05, 3.63) is 57.6 Å². The molecule has 1 unspecified atom stereocenters. The van der Waals surface area contributed by atoms with Gasteiger partial charge in [-0.15, -0.1) is 0 Å². The Morgan fingerprint density at radius 1 is 1.30 bits per heavy atom. The van der Waals surface area contributed by atoms with Gasteiger partial charge in [0.05, 0.1) is 17.5 Å². The second-order valence-electron chi connectivity index (χ2n) is 6.85. The van der Waals surface area contributed by atoms with Gasteiger partial charge in [-0.05, 0) is 58.6 Å². The molecule has 1 aromatic carbocycles. The number of nitrogens with zero attached hydrogens (tertiary/aromatic N) is 1. The lowest BCUT2D eigenvalue weighted by Gasteiger charge is -2.21. The van der Waals surface area contributed by atoms with Gasteiger partial charge in [0.15, 0.2) is 0 Å². The largest absolute Gasteiger partial charge is 0.496 e. The number of nitrogens with one attached hydrogen (secondary N) is 1. The van der Waals surface area contributed by atoms with Crippen LogP contribution in [-0.4, -0.2) is 35.6 Å². The number of pyridine rings is 1. The molecule has 0 saturated heterocycles. The van der Waals surface area contributed by atoms with E-state index in [1.165, 1.54) is 19.2 Å². The molecule has 3 rings (SSSR count). The molecule has 1 heterocycles. The number of primary amides is 1. The monoisotopic (exact) mass is 489 g/mol. The van der Waals surface area contributed by atoms with Crippen LogP contribution in [0.5, 0.6) is 5.75 Å². The van der Waals surface area contributed by atoms with Crippen molar-refractivity contribution in [3.63, 3.8) is 0 Å². The van der Waals surface area contributed by atoms with E-state index in [-0.39, 0.29) is 35.4 Å². The van der Waals surface area contributed by atoms with Gasteiger partial charge in [-0.3, -0.25) is 14.6 Å². The zero-order chi connectivity index (χ0) is 22.3. The van der Waals surface area contributed by atoms with Crippen LogP contribution in [0.25, 0.3) is 0 Å². The highest BCUT2D eigenvalue weighted by molar-refractivity contribution is 9.10. The third kappa shape index (κ3) is 4.11. The molecule has 1 fully saturated rings. The van der Waals surface area contributed by atoms with Crippen LogP contribution in [-0.2, 0) is 4.79 Å². The highest BCUT2D eigenvalue weighted by atomic mass is 79.9. The molecule has 1 atom stereocenters. The number of amides is 2. The Bertz CT molecular complexity index is 1010. The van der Waals surface area contributed by atoms with Gasteiger partial charge in [-0.1, -0.05) is 0 Å². The Balaban J connectivity index is 1.97. The lowest BCUT2D eigenvalue weighted by Crippen LogP contribution is -2.48. The van der Waals surface area contributed by atoms with E-state index in [0.717, 1.165) is 18.3 Å². The second kappa shape index (κ2) is 7.86. The van der Waals surface area contributed by atoms with E-state index in [1.807, 2.05) is 5.32 Å². The first-order chi connectivity index (χ1) is 14.0. The maximum Gasteiger partial charge on any atom is 0.411 e. The molecular weight excluding hydrogens is 474 g/mol. The molecule has 0 bridgehead atoms. The number of hydrogen-bond donors (Lipinski definition) is 2. The normalized spacial score (nSPS) is 15.9. The van der Waals surface area contributed by atoms with Gasteiger partial charge >= 0.3 is 6.18 Å². The molecule has 1 aliphatic carbocycles. The first-order valence-corrected chi connectivity index (χ1v) is 9.46. The summed E-state index contributed by atoms with van der Waals surface area (Å²) in [4.78, 5) is 28.3. The third-order valence-electron chi connectivity index (χ3n) is 4.86. The number of aromatic nitrogens is 1. The molecule has 2 amide bonds. The van der Waals surface area contributed by atoms with E-state index in [0.29, 0.717) is 4.47 Å². The van der Waals surface area contributed by atoms with Crippen LogP contribution in [0.3, 0.4) is 0 Å².